The van der Waals surface area contributed by atoms with E-state index in [0.29, 0.717) is 26.3 Å². The molecule has 2 unspecified atom stereocenters. The van der Waals surface area contributed by atoms with Crippen LogP contribution in [0, 0.1) is 0 Å². The summed E-state index contributed by atoms with van der Waals surface area (Å²) in [4.78, 5) is 13.6. The molecular formula is C11H21N3O4S2. The first-order chi connectivity index (χ1) is 9.29. The van der Waals surface area contributed by atoms with Crippen molar-refractivity contribution < 1.29 is 17.9 Å². The molecule has 1 saturated heterocycles. The van der Waals surface area contributed by atoms with Crippen LogP contribution in [0.2, 0.25) is 0 Å². The molecule has 0 aromatic carbocycles. The zero-order valence-corrected chi connectivity index (χ0v) is 13.3. The Balaban J connectivity index is 2.70. The maximum atomic E-state index is 12.1. The molecule has 7 nitrogen and oxygen atoms in total. The number of amides is 1. The highest BCUT2D eigenvalue weighted by Gasteiger charge is 2.31. The number of hydrogen-bond donors (Lipinski definition) is 2. The molecule has 0 aromatic rings. The van der Waals surface area contributed by atoms with Gasteiger partial charge in [0.25, 0.3) is 0 Å². The Morgan fingerprint density at radius 2 is 2.00 bits per heavy atom. The molecule has 9 heteroatoms. The summed E-state index contributed by atoms with van der Waals surface area (Å²) < 4.78 is 31.8. The van der Waals surface area contributed by atoms with E-state index in [1.54, 1.807) is 11.8 Å². The molecule has 1 rings (SSSR count). The minimum Gasteiger partial charge on any atom is -0.392 e. The minimum absolute atomic E-state index is 0.0916. The largest absolute Gasteiger partial charge is 0.392 e. The summed E-state index contributed by atoms with van der Waals surface area (Å²) in [6, 6.07) is -0.846. The van der Waals surface area contributed by atoms with Gasteiger partial charge >= 0.3 is 0 Å². The van der Waals surface area contributed by atoms with Crippen molar-refractivity contribution in [3.05, 3.63) is 0 Å². The minimum atomic E-state index is -3.75. The van der Waals surface area contributed by atoms with Crippen LogP contribution in [0.3, 0.4) is 0 Å². The van der Waals surface area contributed by atoms with Gasteiger partial charge in [0.05, 0.1) is 24.2 Å². The maximum Gasteiger partial charge on any atom is 0.240 e. The van der Waals surface area contributed by atoms with Gasteiger partial charge in [0, 0.05) is 13.1 Å². The summed E-state index contributed by atoms with van der Waals surface area (Å²) in [5, 5.41) is -0.961. The third-order valence-corrected chi connectivity index (χ3v) is 5.55. The predicted molar refractivity (Wildman–Crippen MR) is 79.8 cm³/mol. The van der Waals surface area contributed by atoms with E-state index in [9.17, 15) is 13.2 Å². The number of carbonyl (C=O) groups is 1. The smallest absolute Gasteiger partial charge is 0.240 e. The van der Waals surface area contributed by atoms with Gasteiger partial charge in [-0.15, -0.1) is 0 Å². The molecule has 1 heterocycles. The molecule has 20 heavy (non-hydrogen) atoms. The fourth-order valence-corrected chi connectivity index (χ4v) is 4.06. The number of sulfonamides is 1. The lowest BCUT2D eigenvalue weighted by molar-refractivity contribution is -0.136. The Bertz CT molecular complexity index is 460. The lowest BCUT2D eigenvalue weighted by atomic mass is 10.3. The monoisotopic (exact) mass is 323 g/mol. The quantitative estimate of drug-likeness (QED) is 0.622. The Morgan fingerprint density at radius 1 is 1.45 bits per heavy atom. The van der Waals surface area contributed by atoms with Crippen molar-refractivity contribution in [1.29, 1.82) is 0 Å². The van der Waals surface area contributed by atoms with Gasteiger partial charge in [0.15, 0.2) is 0 Å². The zero-order valence-electron chi connectivity index (χ0n) is 11.7. The first kappa shape index (κ1) is 17.3. The summed E-state index contributed by atoms with van der Waals surface area (Å²) in [7, 11) is -3.75. The van der Waals surface area contributed by atoms with E-state index in [4.69, 9.17) is 22.7 Å². The second-order valence-corrected chi connectivity index (χ2v) is 6.99. The molecule has 0 bridgehead atoms. The Morgan fingerprint density at radius 3 is 2.45 bits per heavy atom. The number of nitrogens with one attached hydrogen (secondary N) is 1. The number of ether oxygens (including phenoxy) is 1. The Labute approximate surface area is 124 Å². The molecule has 1 aliphatic heterocycles. The fourth-order valence-electron chi connectivity index (χ4n) is 2.01. The Hall–Kier alpha value is -0.770. The number of nitrogens with zero attached hydrogens (tertiary/aromatic N) is 1. The van der Waals surface area contributed by atoms with Gasteiger partial charge < -0.3 is 15.4 Å². The highest BCUT2D eigenvalue weighted by molar-refractivity contribution is 7.93. The second kappa shape index (κ2) is 7.30. The number of nitrogens with two attached hydrogens (primary N) is 1. The topological polar surface area (TPSA) is 102 Å². The highest BCUT2D eigenvalue weighted by atomic mass is 32.2. The molecule has 0 radical (unpaired) electrons. The van der Waals surface area contributed by atoms with Gasteiger partial charge in [-0.3, -0.25) is 4.79 Å². The van der Waals surface area contributed by atoms with Gasteiger partial charge in [-0.25, -0.2) is 13.1 Å². The molecular weight excluding hydrogens is 302 g/mol. The highest BCUT2D eigenvalue weighted by Crippen LogP contribution is 2.08. The molecule has 0 saturated carbocycles. The maximum absolute atomic E-state index is 12.1. The molecule has 0 aliphatic carbocycles. The first-order valence-electron chi connectivity index (χ1n) is 6.46. The summed E-state index contributed by atoms with van der Waals surface area (Å²) >= 11 is 4.75. The number of thiocarbonyl (C=S) groups is 1. The third kappa shape index (κ3) is 4.37. The van der Waals surface area contributed by atoms with Crippen LogP contribution in [0.1, 0.15) is 20.3 Å². The van der Waals surface area contributed by atoms with Gasteiger partial charge in [-0.05, 0) is 13.3 Å². The van der Waals surface area contributed by atoms with E-state index in [-0.39, 0.29) is 17.3 Å². The SMILES string of the molecule is CCC(C(N)=S)S(=O)(=O)NC(C)C(=O)N1CCOCC1. The van der Waals surface area contributed by atoms with Crippen LogP contribution in [-0.2, 0) is 19.6 Å². The van der Waals surface area contributed by atoms with Crippen LogP contribution in [0.4, 0.5) is 0 Å². The number of rotatable bonds is 6. The molecule has 1 aliphatic rings. The molecule has 3 N–H and O–H groups in total. The summed E-state index contributed by atoms with van der Waals surface area (Å²) in [5.74, 6) is -0.269. The van der Waals surface area contributed by atoms with E-state index < -0.39 is 21.3 Å². The van der Waals surface area contributed by atoms with Crippen molar-refractivity contribution in [2.75, 3.05) is 26.3 Å². The fraction of sp³-hybridized carbons (Fsp3) is 0.818. The van der Waals surface area contributed by atoms with Gasteiger partial charge in [-0.1, -0.05) is 19.1 Å². The normalized spacial score (nSPS) is 19.4. The Kier molecular flexibility index (Phi) is 6.31. The number of carbonyl (C=O) groups excluding carboxylic acids is 1. The predicted octanol–water partition coefficient (Wildman–Crippen LogP) is -0.782. The lowest BCUT2D eigenvalue weighted by Gasteiger charge is -2.29. The first-order valence-corrected chi connectivity index (χ1v) is 8.42. The van der Waals surface area contributed by atoms with Crippen molar-refractivity contribution in [2.24, 2.45) is 5.73 Å². The van der Waals surface area contributed by atoms with Crippen LogP contribution in [0.5, 0.6) is 0 Å². The lowest BCUT2D eigenvalue weighted by Crippen LogP contribution is -2.53. The van der Waals surface area contributed by atoms with Crippen LogP contribution >= 0.6 is 12.2 Å². The molecule has 1 amide bonds. The van der Waals surface area contributed by atoms with Gasteiger partial charge in [0.2, 0.25) is 15.9 Å². The van der Waals surface area contributed by atoms with Crippen molar-refractivity contribution in [3.63, 3.8) is 0 Å². The van der Waals surface area contributed by atoms with Crippen molar-refractivity contribution >= 4 is 33.1 Å². The van der Waals surface area contributed by atoms with Crippen LogP contribution < -0.4 is 10.5 Å². The standard InChI is InChI=1S/C11H21N3O4S2/c1-3-9(10(12)19)20(16,17)13-8(2)11(15)14-4-6-18-7-5-14/h8-9,13H,3-7H2,1-2H3,(H2,12,19). The zero-order chi connectivity index (χ0) is 15.3. The second-order valence-electron chi connectivity index (χ2n) is 4.62. The van der Waals surface area contributed by atoms with Gasteiger partial charge in [0.1, 0.15) is 5.25 Å². The van der Waals surface area contributed by atoms with E-state index in [1.165, 1.54) is 6.92 Å². The summed E-state index contributed by atoms with van der Waals surface area (Å²) in [6.45, 7) is 5.07. The number of hydrogen-bond acceptors (Lipinski definition) is 5. The summed E-state index contributed by atoms with van der Waals surface area (Å²) in [5.41, 5.74) is 5.43. The van der Waals surface area contributed by atoms with E-state index >= 15 is 0 Å². The average molecular weight is 323 g/mol. The van der Waals surface area contributed by atoms with E-state index in [1.807, 2.05) is 0 Å². The average Bonchev–Trinajstić information content (AvgIpc) is 2.38. The van der Waals surface area contributed by atoms with E-state index in [0.717, 1.165) is 0 Å². The molecule has 0 aromatic heterocycles. The van der Waals surface area contributed by atoms with Crippen molar-refractivity contribution in [3.8, 4) is 0 Å². The van der Waals surface area contributed by atoms with Crippen LogP contribution in [0.25, 0.3) is 0 Å². The van der Waals surface area contributed by atoms with Crippen molar-refractivity contribution in [1.82, 2.24) is 9.62 Å². The van der Waals surface area contributed by atoms with E-state index in [2.05, 4.69) is 4.72 Å². The molecule has 2 atom stereocenters. The van der Waals surface area contributed by atoms with Crippen LogP contribution in [0.15, 0.2) is 0 Å². The van der Waals surface area contributed by atoms with Crippen LogP contribution in [-0.4, -0.2) is 61.8 Å². The summed E-state index contributed by atoms with van der Waals surface area (Å²) in [6.07, 6.45) is 0.267. The molecule has 0 spiro atoms. The molecule has 1 fully saturated rings. The third-order valence-electron chi connectivity index (χ3n) is 3.10. The molecule has 116 valence electrons. The van der Waals surface area contributed by atoms with Gasteiger partial charge in [-0.2, -0.15) is 0 Å². The van der Waals surface area contributed by atoms with Crippen molar-refractivity contribution in [2.45, 2.75) is 31.6 Å². The number of morpholine rings is 1.